The normalized spacial score (nSPS) is 11.6. The van der Waals surface area contributed by atoms with Crippen molar-refractivity contribution in [2.75, 3.05) is 0 Å². The highest BCUT2D eigenvalue weighted by Crippen LogP contribution is 2.33. The van der Waals surface area contributed by atoms with Crippen LogP contribution in [0.5, 0.6) is 0 Å². The largest absolute Gasteiger partial charge is 0.0646 e. The first-order valence-electron chi connectivity index (χ1n) is 7.13. The number of hydrogen-bond acceptors (Lipinski definition) is 0. The molecule has 0 saturated heterocycles. The molecule has 0 N–H and O–H groups in total. The van der Waals surface area contributed by atoms with E-state index in [1.54, 1.807) is 0 Å². The van der Waals surface area contributed by atoms with E-state index in [0.29, 0.717) is 0 Å². The SMILES string of the molecule is CCC(C)(C)c1ccc(C)c(-c2ccccc2C)c1. The van der Waals surface area contributed by atoms with Gasteiger partial charge in [-0.25, -0.2) is 0 Å². The highest BCUT2D eigenvalue weighted by atomic mass is 14.2. The fourth-order valence-corrected chi connectivity index (χ4v) is 2.41. The molecule has 0 heterocycles. The Balaban J connectivity index is 2.59. The molecule has 0 saturated carbocycles. The van der Waals surface area contributed by atoms with Crippen molar-refractivity contribution in [1.82, 2.24) is 0 Å². The summed E-state index contributed by atoms with van der Waals surface area (Å²) in [6, 6.07) is 15.6. The minimum Gasteiger partial charge on any atom is -0.0646 e. The molecule has 0 heteroatoms. The Labute approximate surface area is 117 Å². The van der Waals surface area contributed by atoms with Crippen molar-refractivity contribution in [3.05, 3.63) is 59.2 Å². The van der Waals surface area contributed by atoms with Crippen molar-refractivity contribution in [2.24, 2.45) is 0 Å². The van der Waals surface area contributed by atoms with Crippen molar-refractivity contribution < 1.29 is 0 Å². The summed E-state index contributed by atoms with van der Waals surface area (Å²) in [4.78, 5) is 0. The summed E-state index contributed by atoms with van der Waals surface area (Å²) >= 11 is 0. The molecule has 0 atom stereocenters. The van der Waals surface area contributed by atoms with E-state index in [1.165, 1.54) is 27.8 Å². The van der Waals surface area contributed by atoms with Gasteiger partial charge in [-0.05, 0) is 53.5 Å². The van der Waals surface area contributed by atoms with Crippen LogP contribution in [0.2, 0.25) is 0 Å². The Morgan fingerprint density at radius 1 is 0.842 bits per heavy atom. The maximum Gasteiger partial charge on any atom is -0.0106 e. The van der Waals surface area contributed by atoms with E-state index in [-0.39, 0.29) is 5.41 Å². The molecule has 0 bridgehead atoms. The second-order valence-corrected chi connectivity index (χ2v) is 6.08. The van der Waals surface area contributed by atoms with Gasteiger partial charge in [0.2, 0.25) is 0 Å². The Kier molecular flexibility index (Phi) is 3.80. The first-order valence-corrected chi connectivity index (χ1v) is 7.13. The van der Waals surface area contributed by atoms with Gasteiger partial charge in [-0.2, -0.15) is 0 Å². The van der Waals surface area contributed by atoms with Gasteiger partial charge in [-0.15, -0.1) is 0 Å². The summed E-state index contributed by atoms with van der Waals surface area (Å²) < 4.78 is 0. The lowest BCUT2D eigenvalue weighted by Gasteiger charge is -2.25. The number of hydrogen-bond donors (Lipinski definition) is 0. The lowest BCUT2D eigenvalue weighted by Crippen LogP contribution is -2.15. The van der Waals surface area contributed by atoms with Gasteiger partial charge in [-0.1, -0.05) is 63.2 Å². The molecule has 0 spiro atoms. The second kappa shape index (κ2) is 5.21. The number of rotatable bonds is 3. The molecular weight excluding hydrogens is 228 g/mol. The zero-order chi connectivity index (χ0) is 14.0. The summed E-state index contributed by atoms with van der Waals surface area (Å²) in [5.41, 5.74) is 7.09. The average Bonchev–Trinajstić information content (AvgIpc) is 2.40. The van der Waals surface area contributed by atoms with Gasteiger partial charge in [0.05, 0.1) is 0 Å². The zero-order valence-electron chi connectivity index (χ0n) is 12.7. The van der Waals surface area contributed by atoms with Crippen LogP contribution in [0.3, 0.4) is 0 Å². The molecule has 19 heavy (non-hydrogen) atoms. The lowest BCUT2D eigenvalue weighted by atomic mass is 9.80. The highest BCUT2D eigenvalue weighted by Gasteiger charge is 2.19. The van der Waals surface area contributed by atoms with Crippen molar-refractivity contribution >= 4 is 0 Å². The summed E-state index contributed by atoms with van der Waals surface area (Å²) in [5.74, 6) is 0. The maximum atomic E-state index is 2.38. The van der Waals surface area contributed by atoms with Crippen LogP contribution < -0.4 is 0 Å². The predicted octanol–water partition coefficient (Wildman–Crippen LogP) is 5.66. The maximum absolute atomic E-state index is 2.38. The van der Waals surface area contributed by atoms with E-state index in [2.05, 4.69) is 77.1 Å². The summed E-state index contributed by atoms with van der Waals surface area (Å²) in [7, 11) is 0. The van der Waals surface area contributed by atoms with Crippen LogP contribution in [-0.4, -0.2) is 0 Å². The first kappa shape index (κ1) is 13.9. The fraction of sp³-hybridized carbons (Fsp3) is 0.368. The van der Waals surface area contributed by atoms with Crippen molar-refractivity contribution in [1.29, 1.82) is 0 Å². The minimum absolute atomic E-state index is 0.241. The highest BCUT2D eigenvalue weighted by molar-refractivity contribution is 5.71. The van der Waals surface area contributed by atoms with E-state index < -0.39 is 0 Å². The predicted molar refractivity (Wildman–Crippen MR) is 84.7 cm³/mol. The Morgan fingerprint density at radius 3 is 2.11 bits per heavy atom. The molecule has 2 aromatic carbocycles. The van der Waals surface area contributed by atoms with Crippen LogP contribution in [-0.2, 0) is 5.41 Å². The molecule has 2 rings (SSSR count). The number of benzene rings is 2. The molecule has 100 valence electrons. The van der Waals surface area contributed by atoms with Gasteiger partial charge in [0.15, 0.2) is 0 Å². The molecule has 0 aromatic heterocycles. The van der Waals surface area contributed by atoms with E-state index in [9.17, 15) is 0 Å². The van der Waals surface area contributed by atoms with Crippen molar-refractivity contribution in [3.63, 3.8) is 0 Å². The van der Waals surface area contributed by atoms with Gasteiger partial charge in [-0.3, -0.25) is 0 Å². The third-order valence-electron chi connectivity index (χ3n) is 4.34. The van der Waals surface area contributed by atoms with Crippen LogP contribution in [0, 0.1) is 13.8 Å². The van der Waals surface area contributed by atoms with Crippen LogP contribution in [0.15, 0.2) is 42.5 Å². The van der Waals surface area contributed by atoms with Gasteiger partial charge >= 0.3 is 0 Å². The summed E-state index contributed by atoms with van der Waals surface area (Å²) in [5, 5.41) is 0. The van der Waals surface area contributed by atoms with Crippen LogP contribution in [0.1, 0.15) is 43.9 Å². The quantitative estimate of drug-likeness (QED) is 0.661. The van der Waals surface area contributed by atoms with Gasteiger partial charge < -0.3 is 0 Å². The molecule has 0 radical (unpaired) electrons. The molecule has 0 nitrogen and oxygen atoms in total. The van der Waals surface area contributed by atoms with E-state index in [1.807, 2.05) is 0 Å². The molecule has 0 amide bonds. The van der Waals surface area contributed by atoms with Crippen LogP contribution >= 0.6 is 0 Å². The molecule has 0 aliphatic heterocycles. The Bertz CT molecular complexity index is 576. The monoisotopic (exact) mass is 252 g/mol. The summed E-state index contributed by atoms with van der Waals surface area (Å²) in [6.07, 6.45) is 1.16. The van der Waals surface area contributed by atoms with Gasteiger partial charge in [0.25, 0.3) is 0 Å². The standard InChI is InChI=1S/C19H24/c1-6-19(4,5)16-12-11-15(3)18(13-16)17-10-8-7-9-14(17)2/h7-13H,6H2,1-5H3. The molecular formula is C19H24. The molecule has 0 fully saturated rings. The third kappa shape index (κ3) is 2.73. The molecule has 0 aliphatic rings. The smallest absolute Gasteiger partial charge is 0.0106 e. The first-order chi connectivity index (χ1) is 8.95. The average molecular weight is 252 g/mol. The Morgan fingerprint density at radius 2 is 1.47 bits per heavy atom. The Hall–Kier alpha value is -1.56. The van der Waals surface area contributed by atoms with Crippen LogP contribution in [0.4, 0.5) is 0 Å². The fourth-order valence-electron chi connectivity index (χ4n) is 2.41. The van der Waals surface area contributed by atoms with E-state index in [0.717, 1.165) is 6.42 Å². The van der Waals surface area contributed by atoms with Gasteiger partial charge in [0, 0.05) is 0 Å². The molecule has 0 aliphatic carbocycles. The lowest BCUT2D eigenvalue weighted by molar-refractivity contribution is 0.506. The van der Waals surface area contributed by atoms with Crippen molar-refractivity contribution in [3.8, 4) is 11.1 Å². The topological polar surface area (TPSA) is 0 Å². The van der Waals surface area contributed by atoms with E-state index in [4.69, 9.17) is 0 Å². The third-order valence-corrected chi connectivity index (χ3v) is 4.34. The molecule has 2 aromatic rings. The van der Waals surface area contributed by atoms with Crippen molar-refractivity contribution in [2.45, 2.75) is 46.5 Å². The van der Waals surface area contributed by atoms with Gasteiger partial charge in [0.1, 0.15) is 0 Å². The molecule has 0 unspecified atom stereocenters. The summed E-state index contributed by atoms with van der Waals surface area (Å²) in [6.45, 7) is 11.3. The number of aryl methyl sites for hydroxylation is 2. The minimum atomic E-state index is 0.241. The van der Waals surface area contributed by atoms with E-state index >= 15 is 0 Å². The van der Waals surface area contributed by atoms with Crippen LogP contribution in [0.25, 0.3) is 11.1 Å². The second-order valence-electron chi connectivity index (χ2n) is 6.08. The zero-order valence-corrected chi connectivity index (χ0v) is 12.7.